The first kappa shape index (κ1) is 15.5. The molecule has 1 amide bonds. The van der Waals surface area contributed by atoms with Crippen LogP contribution in [0.15, 0.2) is 39.5 Å². The zero-order valence-electron chi connectivity index (χ0n) is 11.5. The molecule has 6 nitrogen and oxygen atoms in total. The molecule has 0 spiro atoms. The van der Waals surface area contributed by atoms with Gasteiger partial charge in [-0.15, -0.1) is 11.3 Å². The van der Waals surface area contributed by atoms with Gasteiger partial charge in [-0.05, 0) is 24.3 Å². The molecular weight excluding hydrogens is 341 g/mol. The summed E-state index contributed by atoms with van der Waals surface area (Å²) in [7, 11) is 0. The fourth-order valence-electron chi connectivity index (χ4n) is 1.82. The van der Waals surface area contributed by atoms with E-state index in [-0.39, 0.29) is 23.2 Å². The number of carbonyl (C=O) groups is 1. The number of aromatic nitrogens is 2. The van der Waals surface area contributed by atoms with E-state index in [9.17, 15) is 19.1 Å². The lowest BCUT2D eigenvalue weighted by molar-refractivity contribution is -0.113. The van der Waals surface area contributed by atoms with Crippen molar-refractivity contribution < 1.29 is 14.3 Å². The summed E-state index contributed by atoms with van der Waals surface area (Å²) in [6, 6.07) is 6.54. The molecule has 0 fully saturated rings. The van der Waals surface area contributed by atoms with Crippen molar-refractivity contribution in [1.82, 2.24) is 9.97 Å². The Hall–Kier alpha value is -2.39. The lowest BCUT2D eigenvalue weighted by atomic mass is 10.3. The molecule has 1 aromatic carbocycles. The fourth-order valence-corrected chi connectivity index (χ4v) is 3.63. The number of anilines is 1. The Labute approximate surface area is 137 Å². The van der Waals surface area contributed by atoms with Crippen LogP contribution in [0.1, 0.15) is 0 Å². The SMILES string of the molecule is O=C(CSc1nc2[nH]c(=O)cc(O)c2s1)Nc1ccc(F)cc1. The van der Waals surface area contributed by atoms with Crippen LogP contribution in [0.25, 0.3) is 10.3 Å². The fraction of sp³-hybridized carbons (Fsp3) is 0.0714. The van der Waals surface area contributed by atoms with E-state index in [1.807, 2.05) is 0 Å². The first-order valence-electron chi connectivity index (χ1n) is 6.42. The molecule has 0 radical (unpaired) electrons. The van der Waals surface area contributed by atoms with Gasteiger partial charge in [0.15, 0.2) is 9.99 Å². The average molecular weight is 351 g/mol. The number of thioether (sulfide) groups is 1. The number of nitrogens with zero attached hydrogens (tertiary/aromatic N) is 1. The van der Waals surface area contributed by atoms with Crippen molar-refractivity contribution in [2.75, 3.05) is 11.1 Å². The number of amides is 1. The number of rotatable bonds is 4. The molecule has 0 aliphatic heterocycles. The number of thiazole rings is 1. The van der Waals surface area contributed by atoms with E-state index in [1.54, 1.807) is 0 Å². The summed E-state index contributed by atoms with van der Waals surface area (Å²) < 4.78 is 13.8. The molecular formula is C14H10FN3O3S2. The maximum Gasteiger partial charge on any atom is 0.253 e. The van der Waals surface area contributed by atoms with Crippen molar-refractivity contribution in [2.24, 2.45) is 0 Å². The van der Waals surface area contributed by atoms with E-state index >= 15 is 0 Å². The van der Waals surface area contributed by atoms with Crippen molar-refractivity contribution in [2.45, 2.75) is 4.34 Å². The van der Waals surface area contributed by atoms with Crippen LogP contribution in [0.2, 0.25) is 0 Å². The maximum absolute atomic E-state index is 12.8. The highest BCUT2D eigenvalue weighted by Gasteiger charge is 2.11. The molecule has 3 N–H and O–H groups in total. The lowest BCUT2D eigenvalue weighted by Crippen LogP contribution is -2.13. The Kier molecular flexibility index (Phi) is 4.30. The van der Waals surface area contributed by atoms with Crippen LogP contribution in [0.5, 0.6) is 5.75 Å². The number of aromatic amines is 1. The Morgan fingerprint density at radius 2 is 2.13 bits per heavy atom. The number of H-pyrrole nitrogens is 1. The summed E-state index contributed by atoms with van der Waals surface area (Å²) in [5, 5.41) is 12.3. The predicted molar refractivity (Wildman–Crippen MR) is 87.7 cm³/mol. The zero-order chi connectivity index (χ0) is 16.4. The van der Waals surface area contributed by atoms with E-state index in [1.165, 1.54) is 47.4 Å². The van der Waals surface area contributed by atoms with Crippen LogP contribution in [0.4, 0.5) is 10.1 Å². The molecule has 0 saturated carbocycles. The molecule has 0 unspecified atom stereocenters. The minimum Gasteiger partial charge on any atom is -0.506 e. The number of carbonyl (C=O) groups excluding carboxylic acids is 1. The number of halogens is 1. The molecule has 0 saturated heterocycles. The van der Waals surface area contributed by atoms with Gasteiger partial charge >= 0.3 is 0 Å². The number of hydrogen-bond donors (Lipinski definition) is 3. The zero-order valence-corrected chi connectivity index (χ0v) is 13.1. The molecule has 3 aromatic rings. The summed E-state index contributed by atoms with van der Waals surface area (Å²) in [5.74, 6) is -0.676. The van der Waals surface area contributed by atoms with E-state index in [4.69, 9.17) is 0 Å². The van der Waals surface area contributed by atoms with E-state index in [0.29, 0.717) is 20.4 Å². The second-order valence-corrected chi connectivity index (χ2v) is 6.74. The van der Waals surface area contributed by atoms with Gasteiger partial charge in [-0.2, -0.15) is 0 Å². The van der Waals surface area contributed by atoms with Crippen LogP contribution >= 0.6 is 23.1 Å². The average Bonchev–Trinajstić information content (AvgIpc) is 2.91. The number of nitrogens with one attached hydrogen (secondary N) is 2. The predicted octanol–water partition coefficient (Wildman–Crippen LogP) is 2.56. The third-order valence-corrected chi connectivity index (χ3v) is 5.03. The third kappa shape index (κ3) is 3.69. The summed E-state index contributed by atoms with van der Waals surface area (Å²) >= 11 is 2.36. The minimum atomic E-state index is -0.439. The summed E-state index contributed by atoms with van der Waals surface area (Å²) in [4.78, 5) is 29.8. The quantitative estimate of drug-likeness (QED) is 0.628. The van der Waals surface area contributed by atoms with Crippen LogP contribution in [-0.4, -0.2) is 26.7 Å². The number of pyridine rings is 1. The molecule has 2 aromatic heterocycles. The topological polar surface area (TPSA) is 95.1 Å². The van der Waals surface area contributed by atoms with Crippen LogP contribution < -0.4 is 10.9 Å². The van der Waals surface area contributed by atoms with Crippen molar-refractivity contribution in [3.8, 4) is 5.75 Å². The molecule has 118 valence electrons. The van der Waals surface area contributed by atoms with Crippen LogP contribution in [0, 0.1) is 5.82 Å². The third-order valence-electron chi connectivity index (χ3n) is 2.80. The van der Waals surface area contributed by atoms with Crippen molar-refractivity contribution in [3.63, 3.8) is 0 Å². The minimum absolute atomic E-state index is 0.0994. The van der Waals surface area contributed by atoms with Gasteiger partial charge in [0.1, 0.15) is 16.3 Å². The van der Waals surface area contributed by atoms with Crippen molar-refractivity contribution >= 4 is 45.0 Å². The van der Waals surface area contributed by atoms with E-state index < -0.39 is 5.56 Å². The second kappa shape index (κ2) is 6.39. The van der Waals surface area contributed by atoms with Gasteiger partial charge < -0.3 is 15.4 Å². The maximum atomic E-state index is 12.8. The van der Waals surface area contributed by atoms with Crippen molar-refractivity contribution in [1.29, 1.82) is 0 Å². The molecule has 3 rings (SSSR count). The van der Waals surface area contributed by atoms with Gasteiger partial charge in [0.05, 0.1) is 5.75 Å². The van der Waals surface area contributed by atoms with Crippen LogP contribution in [0.3, 0.4) is 0 Å². The Bertz CT molecular complexity index is 921. The first-order valence-corrected chi connectivity index (χ1v) is 8.22. The van der Waals surface area contributed by atoms with Gasteiger partial charge in [0.25, 0.3) is 5.56 Å². The largest absolute Gasteiger partial charge is 0.506 e. The Balaban J connectivity index is 1.66. The second-order valence-electron chi connectivity index (χ2n) is 4.52. The molecule has 0 aliphatic rings. The number of fused-ring (bicyclic) bond motifs is 1. The molecule has 0 atom stereocenters. The molecule has 0 aliphatic carbocycles. The van der Waals surface area contributed by atoms with Crippen molar-refractivity contribution in [3.05, 3.63) is 46.5 Å². The number of hydrogen-bond acceptors (Lipinski definition) is 6. The normalized spacial score (nSPS) is 10.8. The van der Waals surface area contributed by atoms with Gasteiger partial charge in [0.2, 0.25) is 5.91 Å². The molecule has 23 heavy (non-hydrogen) atoms. The Morgan fingerprint density at radius 3 is 2.87 bits per heavy atom. The van der Waals surface area contributed by atoms with Gasteiger partial charge in [-0.1, -0.05) is 11.8 Å². The van der Waals surface area contributed by atoms with E-state index in [2.05, 4.69) is 15.3 Å². The summed E-state index contributed by atoms with van der Waals surface area (Å²) in [5.41, 5.74) is 0.357. The monoisotopic (exact) mass is 351 g/mol. The lowest BCUT2D eigenvalue weighted by Gasteiger charge is -2.03. The molecule has 0 bridgehead atoms. The van der Waals surface area contributed by atoms with Gasteiger partial charge in [-0.3, -0.25) is 9.59 Å². The highest BCUT2D eigenvalue weighted by molar-refractivity contribution is 8.01. The Morgan fingerprint density at radius 1 is 1.39 bits per heavy atom. The first-order chi connectivity index (χ1) is 11.0. The highest BCUT2D eigenvalue weighted by Crippen LogP contribution is 2.32. The number of benzene rings is 1. The van der Waals surface area contributed by atoms with Crippen LogP contribution in [-0.2, 0) is 4.79 Å². The summed E-state index contributed by atoms with van der Waals surface area (Å²) in [6.45, 7) is 0. The number of aromatic hydroxyl groups is 1. The standard InChI is InChI=1S/C14H10FN3O3S2/c15-7-1-3-8(4-2-7)16-11(21)6-22-14-18-13-12(23-14)9(19)5-10(20)17-13/h1-5H,6H2,(H,16,21)(H2,17,19,20). The van der Waals surface area contributed by atoms with Gasteiger partial charge in [-0.25, -0.2) is 9.37 Å². The molecule has 9 heteroatoms. The van der Waals surface area contributed by atoms with Gasteiger partial charge in [0, 0.05) is 11.8 Å². The highest BCUT2D eigenvalue weighted by atomic mass is 32.2. The molecule has 2 heterocycles. The van der Waals surface area contributed by atoms with E-state index in [0.717, 1.165) is 6.07 Å². The smallest absolute Gasteiger partial charge is 0.253 e. The summed E-state index contributed by atoms with van der Waals surface area (Å²) in [6.07, 6.45) is 0.